The smallest absolute Gasteiger partial charge is 0.134 e. The van der Waals surface area contributed by atoms with Crippen LogP contribution in [-0.2, 0) is 6.54 Å². The number of para-hydroxylation sites is 1. The lowest BCUT2D eigenvalue weighted by Crippen LogP contribution is -2.26. The van der Waals surface area contributed by atoms with Crippen LogP contribution in [0, 0.1) is 5.92 Å². The van der Waals surface area contributed by atoms with Crippen molar-refractivity contribution in [3.8, 4) is 0 Å². The molecule has 84 valence electrons. The highest BCUT2D eigenvalue weighted by atomic mass is 16.3. The molecular weight excluding hydrogens is 198 g/mol. The molecule has 2 aromatic rings. The number of hydrogen-bond donors (Lipinski definition) is 1. The molecule has 0 aliphatic heterocycles. The Labute approximate surface area is 95.6 Å². The summed E-state index contributed by atoms with van der Waals surface area (Å²) in [5, 5.41) is 4.67. The monoisotopic (exact) mass is 215 g/mol. The van der Waals surface area contributed by atoms with E-state index in [4.69, 9.17) is 4.42 Å². The minimum Gasteiger partial charge on any atom is -0.460 e. The first-order chi connectivity index (χ1) is 7.92. The van der Waals surface area contributed by atoms with E-state index in [1.54, 1.807) is 0 Å². The maximum Gasteiger partial charge on any atom is 0.134 e. The van der Waals surface area contributed by atoms with Crippen LogP contribution in [0.2, 0.25) is 0 Å². The average Bonchev–Trinajstić information content (AvgIpc) is 2.64. The van der Waals surface area contributed by atoms with Crippen molar-refractivity contribution in [2.24, 2.45) is 5.92 Å². The van der Waals surface area contributed by atoms with E-state index in [0.717, 1.165) is 30.4 Å². The van der Waals surface area contributed by atoms with E-state index in [1.807, 2.05) is 18.2 Å². The van der Waals surface area contributed by atoms with E-state index < -0.39 is 0 Å². The van der Waals surface area contributed by atoms with E-state index in [2.05, 4.69) is 17.4 Å². The Balaban J connectivity index is 1.60. The van der Waals surface area contributed by atoms with Gasteiger partial charge >= 0.3 is 0 Å². The highest BCUT2D eigenvalue weighted by Gasteiger charge is 2.16. The third kappa shape index (κ3) is 1.98. The van der Waals surface area contributed by atoms with Gasteiger partial charge in [-0.2, -0.15) is 0 Å². The fourth-order valence-electron chi connectivity index (χ4n) is 2.22. The highest BCUT2D eigenvalue weighted by Crippen LogP contribution is 2.25. The van der Waals surface area contributed by atoms with Crippen LogP contribution in [0.25, 0.3) is 11.0 Å². The Morgan fingerprint density at radius 3 is 2.88 bits per heavy atom. The molecule has 1 fully saturated rings. The van der Waals surface area contributed by atoms with Gasteiger partial charge in [0.05, 0.1) is 6.54 Å². The Morgan fingerprint density at radius 2 is 2.12 bits per heavy atom. The molecule has 16 heavy (non-hydrogen) atoms. The van der Waals surface area contributed by atoms with Crippen molar-refractivity contribution in [3.63, 3.8) is 0 Å². The fraction of sp³-hybridized carbons (Fsp3) is 0.429. The zero-order valence-electron chi connectivity index (χ0n) is 9.41. The summed E-state index contributed by atoms with van der Waals surface area (Å²) >= 11 is 0. The lowest BCUT2D eigenvalue weighted by molar-refractivity contribution is 0.298. The summed E-state index contributed by atoms with van der Waals surface area (Å²) in [4.78, 5) is 0. The van der Waals surface area contributed by atoms with Crippen molar-refractivity contribution in [2.75, 3.05) is 6.54 Å². The molecule has 1 heterocycles. The van der Waals surface area contributed by atoms with Crippen molar-refractivity contribution in [1.82, 2.24) is 5.32 Å². The van der Waals surface area contributed by atoms with Gasteiger partial charge in [0.25, 0.3) is 0 Å². The van der Waals surface area contributed by atoms with Gasteiger partial charge in [0.1, 0.15) is 11.3 Å². The summed E-state index contributed by atoms with van der Waals surface area (Å²) in [6.45, 7) is 1.99. The molecule has 1 aliphatic carbocycles. The predicted octanol–water partition coefficient (Wildman–Crippen LogP) is 3.32. The molecule has 1 aliphatic rings. The van der Waals surface area contributed by atoms with Gasteiger partial charge in [0.15, 0.2) is 0 Å². The Bertz CT molecular complexity index is 437. The Hall–Kier alpha value is -1.28. The predicted molar refractivity (Wildman–Crippen MR) is 65.3 cm³/mol. The average molecular weight is 215 g/mol. The molecule has 1 aromatic carbocycles. The largest absolute Gasteiger partial charge is 0.460 e. The normalized spacial score (nSPS) is 16.5. The summed E-state index contributed by atoms with van der Waals surface area (Å²) in [7, 11) is 0. The molecule has 0 unspecified atom stereocenters. The van der Waals surface area contributed by atoms with Crippen LogP contribution in [0.4, 0.5) is 0 Å². The van der Waals surface area contributed by atoms with E-state index in [9.17, 15) is 0 Å². The van der Waals surface area contributed by atoms with Gasteiger partial charge in [-0.05, 0) is 37.4 Å². The molecule has 1 saturated carbocycles. The van der Waals surface area contributed by atoms with E-state index in [-0.39, 0.29) is 0 Å². The number of benzene rings is 1. The number of rotatable bonds is 4. The van der Waals surface area contributed by atoms with Crippen molar-refractivity contribution in [2.45, 2.75) is 25.8 Å². The molecular formula is C14H17NO. The SMILES string of the molecule is c1ccc2oc(CNCC3CCC3)cc2c1. The van der Waals surface area contributed by atoms with E-state index in [0.29, 0.717) is 0 Å². The molecule has 0 saturated heterocycles. The van der Waals surface area contributed by atoms with Crippen LogP contribution in [-0.4, -0.2) is 6.54 Å². The van der Waals surface area contributed by atoms with Gasteiger partial charge in [-0.25, -0.2) is 0 Å². The molecule has 2 nitrogen and oxygen atoms in total. The van der Waals surface area contributed by atoms with Crippen molar-refractivity contribution in [1.29, 1.82) is 0 Å². The molecule has 0 atom stereocenters. The fourth-order valence-corrected chi connectivity index (χ4v) is 2.22. The Kier molecular flexibility index (Phi) is 2.66. The molecule has 0 bridgehead atoms. The molecule has 3 rings (SSSR count). The highest BCUT2D eigenvalue weighted by molar-refractivity contribution is 5.77. The quantitative estimate of drug-likeness (QED) is 0.846. The zero-order chi connectivity index (χ0) is 10.8. The van der Waals surface area contributed by atoms with Crippen LogP contribution in [0.15, 0.2) is 34.7 Å². The third-order valence-corrected chi connectivity index (χ3v) is 3.43. The van der Waals surface area contributed by atoms with Gasteiger partial charge in [0.2, 0.25) is 0 Å². The molecule has 0 amide bonds. The number of furan rings is 1. The second-order valence-electron chi connectivity index (χ2n) is 4.68. The van der Waals surface area contributed by atoms with Crippen LogP contribution >= 0.6 is 0 Å². The second-order valence-corrected chi connectivity index (χ2v) is 4.68. The summed E-state index contributed by atoms with van der Waals surface area (Å²) in [5.74, 6) is 1.95. The van der Waals surface area contributed by atoms with E-state index in [1.165, 1.54) is 24.6 Å². The number of hydrogen-bond acceptors (Lipinski definition) is 2. The summed E-state index contributed by atoms with van der Waals surface area (Å²) in [6.07, 6.45) is 4.21. The molecule has 0 spiro atoms. The maximum absolute atomic E-state index is 5.74. The van der Waals surface area contributed by atoms with Crippen LogP contribution in [0.5, 0.6) is 0 Å². The zero-order valence-corrected chi connectivity index (χ0v) is 9.41. The second kappa shape index (κ2) is 4.30. The molecule has 1 N–H and O–H groups in total. The number of nitrogens with one attached hydrogen (secondary N) is 1. The van der Waals surface area contributed by atoms with Gasteiger partial charge in [-0.3, -0.25) is 0 Å². The van der Waals surface area contributed by atoms with Crippen LogP contribution in [0.1, 0.15) is 25.0 Å². The number of fused-ring (bicyclic) bond motifs is 1. The first-order valence-electron chi connectivity index (χ1n) is 6.10. The maximum atomic E-state index is 5.74. The standard InChI is InChI=1S/C14H17NO/c1-2-7-14-12(6-1)8-13(16-14)10-15-9-11-4-3-5-11/h1-2,6-8,11,15H,3-5,9-10H2. The lowest BCUT2D eigenvalue weighted by Gasteiger charge is -2.25. The molecule has 2 heteroatoms. The van der Waals surface area contributed by atoms with Gasteiger partial charge in [-0.1, -0.05) is 24.6 Å². The van der Waals surface area contributed by atoms with Crippen molar-refractivity contribution >= 4 is 11.0 Å². The topological polar surface area (TPSA) is 25.2 Å². The molecule has 1 aromatic heterocycles. The first-order valence-corrected chi connectivity index (χ1v) is 6.10. The van der Waals surface area contributed by atoms with Gasteiger partial charge in [0, 0.05) is 5.39 Å². The van der Waals surface area contributed by atoms with Crippen LogP contribution < -0.4 is 5.32 Å². The van der Waals surface area contributed by atoms with Gasteiger partial charge < -0.3 is 9.73 Å². The summed E-state index contributed by atoms with van der Waals surface area (Å²) in [5.41, 5.74) is 0.989. The molecule has 0 radical (unpaired) electrons. The third-order valence-electron chi connectivity index (χ3n) is 3.43. The van der Waals surface area contributed by atoms with Crippen LogP contribution in [0.3, 0.4) is 0 Å². The minimum absolute atomic E-state index is 0.852. The minimum atomic E-state index is 0.852. The van der Waals surface area contributed by atoms with E-state index >= 15 is 0 Å². The summed E-state index contributed by atoms with van der Waals surface area (Å²) < 4.78 is 5.74. The van der Waals surface area contributed by atoms with Crippen molar-refractivity contribution in [3.05, 3.63) is 36.1 Å². The van der Waals surface area contributed by atoms with Crippen molar-refractivity contribution < 1.29 is 4.42 Å². The summed E-state index contributed by atoms with van der Waals surface area (Å²) in [6, 6.07) is 10.3. The Morgan fingerprint density at radius 1 is 1.25 bits per heavy atom. The lowest BCUT2D eigenvalue weighted by atomic mass is 9.85. The van der Waals surface area contributed by atoms with Gasteiger partial charge in [-0.15, -0.1) is 0 Å². The first kappa shape index (κ1) is 9.91.